The van der Waals surface area contributed by atoms with Gasteiger partial charge in [0, 0.05) is 49.8 Å². The molecule has 4 aromatic heterocycles. The summed E-state index contributed by atoms with van der Waals surface area (Å²) in [7, 11) is 4.07. The van der Waals surface area contributed by atoms with Crippen molar-refractivity contribution < 1.29 is 27.9 Å². The van der Waals surface area contributed by atoms with E-state index in [4.69, 9.17) is 9.72 Å². The first kappa shape index (κ1) is 38.8. The highest BCUT2D eigenvalue weighted by Gasteiger charge is 2.29. The number of rotatable bonds is 8. The SMILES string of the molecule is CC(C)Oc1cc2nc(C3CCCCC3)cn2cc1C(=O)Nc1cccc(C(F)F)n1.CN1CCC(c2ccc3c(N4CCC(=O)NC4=O)nn(C)c3c2)CC1. The van der Waals surface area contributed by atoms with Gasteiger partial charge in [0.2, 0.25) is 5.91 Å². The van der Waals surface area contributed by atoms with Crippen LogP contribution >= 0.6 is 0 Å². The lowest BCUT2D eigenvalue weighted by Crippen LogP contribution is -2.49. The zero-order valence-electron chi connectivity index (χ0n) is 32.3. The third-order valence-electron chi connectivity index (χ3n) is 10.8. The topological polar surface area (TPSA) is 139 Å². The number of urea groups is 1. The van der Waals surface area contributed by atoms with Gasteiger partial charge in [-0.2, -0.15) is 5.10 Å². The second-order valence-electron chi connectivity index (χ2n) is 15.2. The minimum absolute atomic E-state index is 0.0620. The molecule has 0 radical (unpaired) electrons. The van der Waals surface area contributed by atoms with E-state index in [1.165, 1.54) is 55.9 Å². The predicted molar refractivity (Wildman–Crippen MR) is 210 cm³/mol. The lowest BCUT2D eigenvalue weighted by Gasteiger charge is -2.29. The number of benzene rings is 1. The van der Waals surface area contributed by atoms with Crippen molar-refractivity contribution in [2.45, 2.75) is 89.6 Å². The third kappa shape index (κ3) is 8.67. The lowest BCUT2D eigenvalue weighted by atomic mass is 9.87. The minimum atomic E-state index is -2.71. The van der Waals surface area contributed by atoms with Gasteiger partial charge in [0.25, 0.3) is 12.3 Å². The summed E-state index contributed by atoms with van der Waals surface area (Å²) in [5.41, 5.74) is 4.01. The molecule has 5 aromatic rings. The maximum absolute atomic E-state index is 13.0. The Bertz CT molecular complexity index is 2220. The molecule has 15 heteroatoms. The van der Waals surface area contributed by atoms with E-state index in [0.29, 0.717) is 42.0 Å². The number of fused-ring (bicyclic) bond motifs is 2. The minimum Gasteiger partial charge on any atom is -0.490 e. The van der Waals surface area contributed by atoms with E-state index < -0.39 is 24.1 Å². The number of nitrogens with one attached hydrogen (secondary N) is 2. The largest absolute Gasteiger partial charge is 0.490 e. The zero-order valence-corrected chi connectivity index (χ0v) is 32.3. The number of imidazole rings is 1. The van der Waals surface area contributed by atoms with Gasteiger partial charge in [-0.3, -0.25) is 24.5 Å². The molecule has 56 heavy (non-hydrogen) atoms. The Kier molecular flexibility index (Phi) is 11.6. The molecule has 6 heterocycles. The summed E-state index contributed by atoms with van der Waals surface area (Å²) in [6.07, 6.45) is 9.36. The van der Waals surface area contributed by atoms with Crippen molar-refractivity contribution in [1.29, 1.82) is 0 Å². The normalized spacial score (nSPS) is 17.4. The van der Waals surface area contributed by atoms with E-state index in [9.17, 15) is 23.2 Å². The molecule has 0 bridgehead atoms. The number of aryl methyl sites for hydroxylation is 1. The molecule has 4 amide bonds. The maximum atomic E-state index is 13.0. The molecule has 3 fully saturated rings. The zero-order chi connectivity index (χ0) is 39.5. The number of anilines is 2. The number of alkyl halides is 2. The van der Waals surface area contributed by atoms with Crippen LogP contribution in [-0.2, 0) is 11.8 Å². The molecule has 296 valence electrons. The van der Waals surface area contributed by atoms with Crippen LogP contribution in [0.25, 0.3) is 16.6 Å². The van der Waals surface area contributed by atoms with Crippen LogP contribution in [0.1, 0.15) is 111 Å². The third-order valence-corrected chi connectivity index (χ3v) is 10.8. The van der Waals surface area contributed by atoms with Crippen LogP contribution in [0, 0.1) is 0 Å². The first-order chi connectivity index (χ1) is 26.9. The number of piperidine rings is 1. The number of ether oxygens (including phenoxy) is 1. The number of hydrogen-bond donors (Lipinski definition) is 2. The highest BCUT2D eigenvalue weighted by atomic mass is 19.3. The summed E-state index contributed by atoms with van der Waals surface area (Å²) in [6, 6.07) is 11.9. The van der Waals surface area contributed by atoms with Crippen molar-refractivity contribution in [1.82, 2.24) is 34.4 Å². The number of carbonyl (C=O) groups excluding carboxylic acids is 3. The molecular weight excluding hydrogens is 721 g/mol. The molecule has 3 aliphatic rings. The number of likely N-dealkylation sites (tertiary alicyclic amines) is 1. The van der Waals surface area contributed by atoms with Crippen molar-refractivity contribution in [3.8, 4) is 5.75 Å². The molecule has 8 rings (SSSR count). The second-order valence-corrected chi connectivity index (χ2v) is 15.2. The van der Waals surface area contributed by atoms with Crippen LogP contribution in [-0.4, -0.2) is 79.7 Å². The van der Waals surface area contributed by atoms with Crippen LogP contribution in [0.15, 0.2) is 54.9 Å². The van der Waals surface area contributed by atoms with Crippen molar-refractivity contribution in [2.24, 2.45) is 7.05 Å². The number of amides is 4. The molecule has 0 unspecified atom stereocenters. The molecule has 1 aliphatic carbocycles. The fourth-order valence-corrected chi connectivity index (χ4v) is 7.80. The molecule has 1 aromatic carbocycles. The fourth-order valence-electron chi connectivity index (χ4n) is 7.80. The van der Waals surface area contributed by atoms with Crippen LogP contribution < -0.4 is 20.3 Å². The van der Waals surface area contributed by atoms with Crippen molar-refractivity contribution in [2.75, 3.05) is 36.9 Å². The van der Waals surface area contributed by atoms with Gasteiger partial charge in [0.05, 0.1) is 22.9 Å². The summed E-state index contributed by atoms with van der Waals surface area (Å²) >= 11 is 0. The van der Waals surface area contributed by atoms with Gasteiger partial charge < -0.3 is 19.4 Å². The molecule has 13 nitrogen and oxygen atoms in total. The van der Waals surface area contributed by atoms with E-state index in [1.54, 1.807) is 17.2 Å². The number of halogens is 2. The van der Waals surface area contributed by atoms with Crippen LogP contribution in [0.5, 0.6) is 5.75 Å². The molecule has 0 spiro atoms. The molecular formula is C41H49F2N9O4. The molecule has 1 saturated carbocycles. The fraction of sp³-hybridized carbons (Fsp3) is 0.463. The summed E-state index contributed by atoms with van der Waals surface area (Å²) in [5, 5.41) is 10.5. The molecule has 2 saturated heterocycles. The molecule has 2 N–H and O–H groups in total. The Balaban J connectivity index is 0.000000175. The maximum Gasteiger partial charge on any atom is 0.329 e. The summed E-state index contributed by atoms with van der Waals surface area (Å²) in [6.45, 7) is 6.37. The van der Waals surface area contributed by atoms with E-state index in [1.807, 2.05) is 36.2 Å². The van der Waals surface area contributed by atoms with E-state index in [2.05, 4.69) is 50.9 Å². The summed E-state index contributed by atoms with van der Waals surface area (Å²) in [5.74, 6) is 1.38. The Morgan fingerprint density at radius 2 is 1.70 bits per heavy atom. The van der Waals surface area contributed by atoms with Crippen molar-refractivity contribution >= 4 is 46.0 Å². The van der Waals surface area contributed by atoms with Gasteiger partial charge in [-0.25, -0.2) is 23.5 Å². The first-order valence-electron chi connectivity index (χ1n) is 19.5. The van der Waals surface area contributed by atoms with Gasteiger partial charge in [-0.15, -0.1) is 0 Å². The molecule has 0 atom stereocenters. The average Bonchev–Trinajstić information content (AvgIpc) is 3.75. The molecule has 2 aliphatic heterocycles. The van der Waals surface area contributed by atoms with Crippen molar-refractivity contribution in [3.05, 3.63) is 77.4 Å². The van der Waals surface area contributed by atoms with Gasteiger partial charge in [0.15, 0.2) is 5.82 Å². The van der Waals surface area contributed by atoms with Gasteiger partial charge in [-0.1, -0.05) is 31.4 Å². The van der Waals surface area contributed by atoms with Gasteiger partial charge >= 0.3 is 6.03 Å². The van der Waals surface area contributed by atoms with Crippen LogP contribution in [0.2, 0.25) is 0 Å². The predicted octanol–water partition coefficient (Wildman–Crippen LogP) is 7.58. The average molecular weight is 770 g/mol. The number of imide groups is 1. The lowest BCUT2D eigenvalue weighted by molar-refractivity contribution is -0.120. The quantitative estimate of drug-likeness (QED) is 0.165. The van der Waals surface area contributed by atoms with E-state index in [0.717, 1.165) is 42.5 Å². The van der Waals surface area contributed by atoms with Crippen LogP contribution in [0.4, 0.5) is 25.2 Å². The van der Waals surface area contributed by atoms with Gasteiger partial charge in [-0.05, 0) is 95.4 Å². The van der Waals surface area contributed by atoms with Crippen molar-refractivity contribution in [3.63, 3.8) is 0 Å². The smallest absolute Gasteiger partial charge is 0.329 e. The number of nitrogens with zero attached hydrogens (tertiary/aromatic N) is 7. The number of carbonyl (C=O) groups is 3. The Hall–Kier alpha value is -5.44. The van der Waals surface area contributed by atoms with Crippen LogP contribution in [0.3, 0.4) is 0 Å². The number of hydrogen-bond acceptors (Lipinski definition) is 8. The van der Waals surface area contributed by atoms with E-state index >= 15 is 0 Å². The van der Waals surface area contributed by atoms with Gasteiger partial charge in [0.1, 0.15) is 22.9 Å². The summed E-state index contributed by atoms with van der Waals surface area (Å²) < 4.78 is 35.4. The summed E-state index contributed by atoms with van der Waals surface area (Å²) in [4.78, 5) is 49.0. The number of pyridine rings is 2. The second kappa shape index (κ2) is 16.7. The Labute approximate surface area is 324 Å². The highest BCUT2D eigenvalue weighted by Crippen LogP contribution is 2.35. The first-order valence-corrected chi connectivity index (χ1v) is 19.5. The highest BCUT2D eigenvalue weighted by molar-refractivity contribution is 6.09. The van der Waals surface area contributed by atoms with E-state index in [-0.39, 0.29) is 23.4 Å². The number of aromatic nitrogens is 5. The standard InChI is InChI=1S/C23H26F2N4O2.C18H23N5O2/c1-14(2)31-19-11-21-27-18(15-7-4-3-5-8-15)13-29(21)12-16(19)23(30)28-20-10-6-9-17(26-20)22(24)25;1-21-8-5-12(6-9-21)13-3-4-14-15(11-13)22(2)20-17(14)23-10-7-16(24)19-18(23)25/h6,9-15,22H,3-5,7-8H2,1-2H3,(H,26,28,30);3-4,11-12H,5-10H2,1-2H3,(H,19,24,25). The Morgan fingerprint density at radius 1 is 0.929 bits per heavy atom. The monoisotopic (exact) mass is 769 g/mol. The Morgan fingerprint density at radius 3 is 2.41 bits per heavy atom.